The molecule has 0 aromatic heterocycles. The molecule has 110 valence electrons. The number of allylic oxidation sites excluding steroid dienone is 2. The third-order valence-electron chi connectivity index (χ3n) is 3.93. The molecule has 0 radical (unpaired) electrons. The molecule has 0 fully saturated rings. The first-order chi connectivity index (χ1) is 11.2. The number of ketones is 1. The molecule has 0 bridgehead atoms. The van der Waals surface area contributed by atoms with Gasteiger partial charge in [0.25, 0.3) is 0 Å². The zero-order chi connectivity index (χ0) is 16.2. The number of carbonyl (C=O) groups is 1. The fourth-order valence-corrected chi connectivity index (χ4v) is 2.61. The first kappa shape index (κ1) is 14.7. The van der Waals surface area contributed by atoms with Crippen LogP contribution in [0.4, 0.5) is 0 Å². The Morgan fingerprint density at radius 3 is 2.17 bits per heavy atom. The molecule has 0 aliphatic carbocycles. The van der Waals surface area contributed by atoms with Gasteiger partial charge in [-0.2, -0.15) is 5.26 Å². The van der Waals surface area contributed by atoms with E-state index in [4.69, 9.17) is 0 Å². The molecule has 0 spiro atoms. The Morgan fingerprint density at radius 1 is 0.826 bits per heavy atom. The SMILES string of the molecule is C/C(=C(/C#N)C(=O)c1ccccc1)c1ccc2ccccc2c1. The second-order valence-electron chi connectivity index (χ2n) is 5.37. The average Bonchev–Trinajstić information content (AvgIpc) is 2.62. The summed E-state index contributed by atoms with van der Waals surface area (Å²) in [6.07, 6.45) is 0. The van der Waals surface area contributed by atoms with Gasteiger partial charge >= 0.3 is 0 Å². The smallest absolute Gasteiger partial charge is 0.203 e. The van der Waals surface area contributed by atoms with Crippen LogP contribution >= 0.6 is 0 Å². The van der Waals surface area contributed by atoms with Gasteiger partial charge in [0.1, 0.15) is 11.6 Å². The monoisotopic (exact) mass is 297 g/mol. The van der Waals surface area contributed by atoms with Crippen LogP contribution in [0.25, 0.3) is 16.3 Å². The Hall–Kier alpha value is -3.18. The van der Waals surface area contributed by atoms with Crippen LogP contribution in [-0.2, 0) is 0 Å². The minimum absolute atomic E-state index is 0.187. The van der Waals surface area contributed by atoms with E-state index < -0.39 is 0 Å². The summed E-state index contributed by atoms with van der Waals surface area (Å²) in [6, 6.07) is 25.0. The molecule has 3 aromatic carbocycles. The summed E-state index contributed by atoms with van der Waals surface area (Å²) in [5, 5.41) is 11.7. The topological polar surface area (TPSA) is 40.9 Å². The van der Waals surface area contributed by atoms with Gasteiger partial charge in [-0.25, -0.2) is 0 Å². The molecule has 23 heavy (non-hydrogen) atoms. The zero-order valence-electron chi connectivity index (χ0n) is 12.8. The van der Waals surface area contributed by atoms with E-state index in [9.17, 15) is 10.1 Å². The van der Waals surface area contributed by atoms with Crippen molar-refractivity contribution >= 4 is 22.1 Å². The molecule has 2 nitrogen and oxygen atoms in total. The number of nitriles is 1. The summed E-state index contributed by atoms with van der Waals surface area (Å²) >= 11 is 0. The van der Waals surface area contributed by atoms with Crippen molar-refractivity contribution in [3.05, 3.63) is 89.5 Å². The fourth-order valence-electron chi connectivity index (χ4n) is 2.61. The lowest BCUT2D eigenvalue weighted by molar-refractivity contribution is 0.103. The molecule has 3 rings (SSSR count). The predicted octanol–water partition coefficient (Wildman–Crippen LogP) is 5.02. The van der Waals surface area contributed by atoms with Gasteiger partial charge in [0.2, 0.25) is 5.78 Å². The maximum Gasteiger partial charge on any atom is 0.203 e. The van der Waals surface area contributed by atoms with Crippen molar-refractivity contribution in [2.24, 2.45) is 0 Å². The Kier molecular flexibility index (Phi) is 4.03. The standard InChI is InChI=1S/C21H15NO/c1-15(18-12-11-16-7-5-6-10-19(16)13-18)20(14-22)21(23)17-8-3-2-4-9-17/h2-13H,1H3/b20-15+. The fraction of sp³-hybridized carbons (Fsp3) is 0.0476. The van der Waals surface area contributed by atoms with Crippen LogP contribution in [0.2, 0.25) is 0 Å². The summed E-state index contributed by atoms with van der Waals surface area (Å²) in [6.45, 7) is 1.82. The van der Waals surface area contributed by atoms with Crippen LogP contribution in [0, 0.1) is 11.3 Å². The summed E-state index contributed by atoms with van der Waals surface area (Å²) in [5.74, 6) is -0.237. The van der Waals surface area contributed by atoms with E-state index in [1.807, 2.05) is 55.5 Å². The normalized spacial score (nSPS) is 11.7. The molecule has 0 N–H and O–H groups in total. The molecule has 3 aromatic rings. The third-order valence-corrected chi connectivity index (χ3v) is 3.93. The summed E-state index contributed by atoms with van der Waals surface area (Å²) < 4.78 is 0. The van der Waals surface area contributed by atoms with Crippen LogP contribution in [-0.4, -0.2) is 5.78 Å². The van der Waals surface area contributed by atoms with Crippen molar-refractivity contribution in [1.29, 1.82) is 5.26 Å². The van der Waals surface area contributed by atoms with Crippen molar-refractivity contribution < 1.29 is 4.79 Å². The Bertz CT molecular complexity index is 946. The quantitative estimate of drug-likeness (QED) is 0.387. The second-order valence-corrected chi connectivity index (χ2v) is 5.37. The number of rotatable bonds is 3. The number of Topliss-reactive ketones (excluding diaryl/α,β-unsaturated/α-hetero) is 1. The Labute approximate surface area is 135 Å². The molecule has 0 heterocycles. The van der Waals surface area contributed by atoms with E-state index >= 15 is 0 Å². The lowest BCUT2D eigenvalue weighted by Gasteiger charge is -2.07. The van der Waals surface area contributed by atoms with Gasteiger partial charge in [-0.1, -0.05) is 66.7 Å². The number of carbonyl (C=O) groups excluding carboxylic acids is 1. The maximum absolute atomic E-state index is 12.6. The van der Waals surface area contributed by atoms with Gasteiger partial charge < -0.3 is 0 Å². The Balaban J connectivity index is 2.09. The minimum atomic E-state index is -0.237. The summed E-state index contributed by atoms with van der Waals surface area (Å²) in [5.41, 5.74) is 2.31. The van der Waals surface area contributed by atoms with E-state index in [1.165, 1.54) is 0 Å². The predicted molar refractivity (Wildman–Crippen MR) is 92.9 cm³/mol. The van der Waals surface area contributed by atoms with E-state index in [2.05, 4.69) is 6.07 Å². The highest BCUT2D eigenvalue weighted by Crippen LogP contribution is 2.24. The lowest BCUT2D eigenvalue weighted by Crippen LogP contribution is -2.04. The van der Waals surface area contributed by atoms with E-state index in [0.717, 1.165) is 16.3 Å². The number of hydrogen-bond acceptors (Lipinski definition) is 2. The molecule has 2 heteroatoms. The van der Waals surface area contributed by atoms with Crippen molar-refractivity contribution in [1.82, 2.24) is 0 Å². The first-order valence-electron chi connectivity index (χ1n) is 7.40. The molecule has 0 aliphatic rings. The molecule has 0 aliphatic heterocycles. The summed E-state index contributed by atoms with van der Waals surface area (Å²) in [7, 11) is 0. The molecule has 0 saturated carbocycles. The van der Waals surface area contributed by atoms with Gasteiger partial charge in [0.15, 0.2) is 0 Å². The molecule has 0 saturated heterocycles. The largest absolute Gasteiger partial charge is 0.288 e. The van der Waals surface area contributed by atoms with Crippen molar-refractivity contribution in [2.45, 2.75) is 6.92 Å². The number of benzene rings is 3. The van der Waals surface area contributed by atoms with Crippen LogP contribution < -0.4 is 0 Å². The maximum atomic E-state index is 12.6. The van der Waals surface area contributed by atoms with Crippen molar-refractivity contribution in [3.8, 4) is 6.07 Å². The van der Waals surface area contributed by atoms with E-state index in [0.29, 0.717) is 11.1 Å². The van der Waals surface area contributed by atoms with Gasteiger partial charge in [-0.05, 0) is 34.9 Å². The highest BCUT2D eigenvalue weighted by atomic mass is 16.1. The molecule has 0 unspecified atom stereocenters. The zero-order valence-corrected chi connectivity index (χ0v) is 12.8. The van der Waals surface area contributed by atoms with Gasteiger partial charge in [0.05, 0.1) is 0 Å². The number of hydrogen-bond donors (Lipinski definition) is 0. The minimum Gasteiger partial charge on any atom is -0.288 e. The van der Waals surface area contributed by atoms with E-state index in [-0.39, 0.29) is 11.4 Å². The lowest BCUT2D eigenvalue weighted by atomic mass is 9.94. The highest BCUT2D eigenvalue weighted by Gasteiger charge is 2.15. The van der Waals surface area contributed by atoms with Crippen molar-refractivity contribution in [3.63, 3.8) is 0 Å². The number of fused-ring (bicyclic) bond motifs is 1. The molecular formula is C21H15NO. The summed E-state index contributed by atoms with van der Waals surface area (Å²) in [4.78, 5) is 12.6. The third kappa shape index (κ3) is 2.90. The molecule has 0 amide bonds. The van der Waals surface area contributed by atoms with Crippen LogP contribution in [0.15, 0.2) is 78.4 Å². The van der Waals surface area contributed by atoms with Crippen LogP contribution in [0.5, 0.6) is 0 Å². The second kappa shape index (κ2) is 6.29. The molecular weight excluding hydrogens is 282 g/mol. The number of nitrogens with zero attached hydrogens (tertiary/aromatic N) is 1. The van der Waals surface area contributed by atoms with Crippen molar-refractivity contribution in [2.75, 3.05) is 0 Å². The molecule has 0 atom stereocenters. The van der Waals surface area contributed by atoms with Crippen LogP contribution in [0.3, 0.4) is 0 Å². The van der Waals surface area contributed by atoms with Gasteiger partial charge in [-0.3, -0.25) is 4.79 Å². The van der Waals surface area contributed by atoms with Crippen LogP contribution in [0.1, 0.15) is 22.8 Å². The first-order valence-corrected chi connectivity index (χ1v) is 7.40. The van der Waals surface area contributed by atoms with Gasteiger partial charge in [-0.15, -0.1) is 0 Å². The average molecular weight is 297 g/mol. The highest BCUT2D eigenvalue weighted by molar-refractivity contribution is 6.15. The Morgan fingerprint density at radius 2 is 1.48 bits per heavy atom. The van der Waals surface area contributed by atoms with E-state index in [1.54, 1.807) is 24.3 Å². The van der Waals surface area contributed by atoms with Gasteiger partial charge in [0, 0.05) is 5.56 Å².